The Kier molecular flexibility index (Phi) is 6.55. The highest BCUT2D eigenvalue weighted by Crippen LogP contribution is 2.30. The number of carbonyl (C=O) groups excluding carboxylic acids is 2. The normalized spacial score (nSPS) is 10.5. The maximum atomic E-state index is 12.9. The zero-order valence-corrected chi connectivity index (χ0v) is 18.5. The second-order valence-corrected chi connectivity index (χ2v) is 7.82. The molecule has 0 aliphatic rings. The number of carbonyl (C=O) groups is 2. The molecule has 0 spiro atoms. The smallest absolute Gasteiger partial charge is 0.339 e. The quantitative estimate of drug-likeness (QED) is 0.364. The Balaban J connectivity index is 1.58. The topological polar surface area (TPSA) is 92.1 Å². The first kappa shape index (κ1) is 22.3. The number of fused-ring (bicyclic) bond motifs is 1. The summed E-state index contributed by atoms with van der Waals surface area (Å²) in [5.74, 6) is -1.30. The number of nitrogens with zero attached hydrogens (tertiary/aromatic N) is 2. The van der Waals surface area contributed by atoms with Crippen LogP contribution in [0, 0.1) is 11.3 Å². The molecule has 1 amide bonds. The van der Waals surface area contributed by atoms with Gasteiger partial charge < -0.3 is 10.1 Å². The minimum absolute atomic E-state index is 0.237. The molecule has 0 unspecified atom stereocenters. The molecular formula is C25H15Cl2N3O3. The SMILES string of the molecule is N#Cc1ccc(Cl)cc1NC(=O)COC(=O)c1cc(-c2ccccc2Cl)nc2ccccc12. The van der Waals surface area contributed by atoms with E-state index in [1.165, 1.54) is 12.1 Å². The van der Waals surface area contributed by atoms with E-state index in [1.54, 1.807) is 48.5 Å². The maximum Gasteiger partial charge on any atom is 0.339 e. The third-order valence-corrected chi connectivity index (χ3v) is 5.36. The van der Waals surface area contributed by atoms with Gasteiger partial charge in [-0.25, -0.2) is 9.78 Å². The van der Waals surface area contributed by atoms with Crippen molar-refractivity contribution in [3.63, 3.8) is 0 Å². The zero-order valence-electron chi connectivity index (χ0n) is 17.0. The molecule has 1 aromatic heterocycles. The summed E-state index contributed by atoms with van der Waals surface area (Å²) in [6, 6.07) is 22.3. The van der Waals surface area contributed by atoms with Gasteiger partial charge in [0.1, 0.15) is 6.07 Å². The molecule has 0 aliphatic carbocycles. The van der Waals surface area contributed by atoms with Crippen molar-refractivity contribution in [1.82, 2.24) is 4.98 Å². The van der Waals surface area contributed by atoms with Crippen molar-refractivity contribution in [2.45, 2.75) is 0 Å². The van der Waals surface area contributed by atoms with Crippen molar-refractivity contribution in [2.75, 3.05) is 11.9 Å². The number of hydrogen-bond donors (Lipinski definition) is 1. The van der Waals surface area contributed by atoms with E-state index in [2.05, 4.69) is 10.3 Å². The van der Waals surface area contributed by atoms with Gasteiger partial charge in [0.2, 0.25) is 0 Å². The first-order chi connectivity index (χ1) is 16.0. The van der Waals surface area contributed by atoms with E-state index in [0.29, 0.717) is 32.2 Å². The van der Waals surface area contributed by atoms with Crippen molar-refractivity contribution < 1.29 is 14.3 Å². The summed E-state index contributed by atoms with van der Waals surface area (Å²) in [6.07, 6.45) is 0. The molecule has 3 aromatic carbocycles. The number of benzene rings is 3. The average molecular weight is 476 g/mol. The number of rotatable bonds is 5. The predicted molar refractivity (Wildman–Crippen MR) is 127 cm³/mol. The van der Waals surface area contributed by atoms with Crippen LogP contribution in [-0.2, 0) is 9.53 Å². The Labute approximate surface area is 199 Å². The van der Waals surface area contributed by atoms with Crippen LogP contribution in [0.1, 0.15) is 15.9 Å². The maximum absolute atomic E-state index is 12.9. The Morgan fingerprint density at radius 2 is 1.76 bits per heavy atom. The van der Waals surface area contributed by atoms with E-state index >= 15 is 0 Å². The summed E-state index contributed by atoms with van der Waals surface area (Å²) < 4.78 is 5.27. The molecule has 6 nitrogen and oxygen atoms in total. The first-order valence-corrected chi connectivity index (χ1v) is 10.5. The highest BCUT2D eigenvalue weighted by molar-refractivity contribution is 6.33. The molecule has 0 aliphatic heterocycles. The molecule has 1 heterocycles. The number of aromatic nitrogens is 1. The molecule has 0 fully saturated rings. The molecular weight excluding hydrogens is 461 g/mol. The molecule has 33 heavy (non-hydrogen) atoms. The first-order valence-electron chi connectivity index (χ1n) is 9.77. The van der Waals surface area contributed by atoms with Crippen LogP contribution in [0.5, 0.6) is 0 Å². The van der Waals surface area contributed by atoms with E-state index in [0.717, 1.165) is 0 Å². The number of anilines is 1. The van der Waals surface area contributed by atoms with Gasteiger partial charge >= 0.3 is 5.97 Å². The van der Waals surface area contributed by atoms with Gasteiger partial charge in [-0.1, -0.05) is 59.6 Å². The molecule has 4 rings (SSSR count). The van der Waals surface area contributed by atoms with Crippen LogP contribution in [-0.4, -0.2) is 23.5 Å². The van der Waals surface area contributed by atoms with Gasteiger partial charge in [-0.3, -0.25) is 4.79 Å². The Morgan fingerprint density at radius 1 is 1.00 bits per heavy atom. The van der Waals surface area contributed by atoms with E-state index in [4.69, 9.17) is 27.9 Å². The van der Waals surface area contributed by atoms with Gasteiger partial charge in [0, 0.05) is 21.0 Å². The summed E-state index contributed by atoms with van der Waals surface area (Å²) >= 11 is 12.3. The largest absolute Gasteiger partial charge is 0.452 e. The van der Waals surface area contributed by atoms with Crippen LogP contribution in [0.3, 0.4) is 0 Å². The third-order valence-electron chi connectivity index (χ3n) is 4.80. The molecule has 4 aromatic rings. The van der Waals surface area contributed by atoms with Gasteiger partial charge in [-0.2, -0.15) is 5.26 Å². The van der Waals surface area contributed by atoms with Crippen LogP contribution in [0.4, 0.5) is 5.69 Å². The third kappa shape index (κ3) is 4.96. The van der Waals surface area contributed by atoms with Crippen LogP contribution in [0.2, 0.25) is 10.0 Å². The minimum Gasteiger partial charge on any atom is -0.452 e. The van der Waals surface area contributed by atoms with Gasteiger partial charge in [-0.05, 0) is 36.4 Å². The summed E-state index contributed by atoms with van der Waals surface area (Å²) in [5.41, 5.74) is 2.49. The van der Waals surface area contributed by atoms with Crippen molar-refractivity contribution in [1.29, 1.82) is 5.26 Å². The average Bonchev–Trinajstić information content (AvgIpc) is 2.82. The molecule has 8 heteroatoms. The number of nitriles is 1. The number of nitrogens with one attached hydrogen (secondary N) is 1. The number of halogens is 2. The van der Waals surface area contributed by atoms with Gasteiger partial charge in [0.25, 0.3) is 5.91 Å². The predicted octanol–water partition coefficient (Wildman–Crippen LogP) is 5.88. The Bertz CT molecular complexity index is 1430. The van der Waals surface area contributed by atoms with Crippen LogP contribution >= 0.6 is 23.2 Å². The standard InChI is InChI=1S/C25H15Cl2N3O3/c26-16-10-9-15(13-28)22(11-16)30-24(31)14-33-25(32)19-12-23(18-6-1-3-7-20(18)27)29-21-8-4-2-5-17(19)21/h1-12H,14H2,(H,30,31). The number of pyridine rings is 1. The van der Waals surface area contributed by atoms with Crippen molar-refractivity contribution in [2.24, 2.45) is 0 Å². The summed E-state index contributed by atoms with van der Waals surface area (Å²) in [7, 11) is 0. The van der Waals surface area contributed by atoms with Crippen molar-refractivity contribution in [3.8, 4) is 17.3 Å². The molecule has 0 bridgehead atoms. The second kappa shape index (κ2) is 9.70. The minimum atomic E-state index is -0.691. The molecule has 162 valence electrons. The highest BCUT2D eigenvalue weighted by Gasteiger charge is 2.18. The molecule has 0 atom stereocenters. The fraction of sp³-hybridized carbons (Fsp3) is 0.0400. The highest BCUT2D eigenvalue weighted by atomic mass is 35.5. The van der Waals surface area contributed by atoms with Crippen LogP contribution < -0.4 is 5.32 Å². The lowest BCUT2D eigenvalue weighted by atomic mass is 10.0. The summed E-state index contributed by atoms with van der Waals surface area (Å²) in [6.45, 7) is -0.547. The van der Waals surface area contributed by atoms with Gasteiger partial charge in [0.15, 0.2) is 6.61 Å². The van der Waals surface area contributed by atoms with E-state index in [1.807, 2.05) is 18.2 Å². The lowest BCUT2D eigenvalue weighted by Crippen LogP contribution is -2.21. The lowest BCUT2D eigenvalue weighted by Gasteiger charge is -2.11. The van der Waals surface area contributed by atoms with Crippen molar-refractivity contribution >= 4 is 51.7 Å². The zero-order chi connectivity index (χ0) is 23.4. The van der Waals surface area contributed by atoms with E-state index < -0.39 is 18.5 Å². The molecule has 0 saturated carbocycles. The monoisotopic (exact) mass is 475 g/mol. The Hall–Kier alpha value is -3.92. The number of para-hydroxylation sites is 1. The van der Waals surface area contributed by atoms with E-state index in [9.17, 15) is 14.9 Å². The molecule has 1 N–H and O–H groups in total. The number of ether oxygens (including phenoxy) is 1. The molecule has 0 saturated heterocycles. The van der Waals surface area contributed by atoms with Crippen LogP contribution in [0.15, 0.2) is 72.8 Å². The van der Waals surface area contributed by atoms with E-state index in [-0.39, 0.29) is 16.8 Å². The number of hydrogen-bond acceptors (Lipinski definition) is 5. The fourth-order valence-electron chi connectivity index (χ4n) is 3.26. The summed E-state index contributed by atoms with van der Waals surface area (Å²) in [4.78, 5) is 29.9. The van der Waals surface area contributed by atoms with Gasteiger partial charge in [-0.15, -0.1) is 0 Å². The van der Waals surface area contributed by atoms with Crippen molar-refractivity contribution in [3.05, 3.63) is 94.0 Å². The second-order valence-electron chi connectivity index (χ2n) is 6.98. The summed E-state index contributed by atoms with van der Waals surface area (Å²) in [5, 5.41) is 13.2. The number of amides is 1. The van der Waals surface area contributed by atoms with Crippen LogP contribution in [0.25, 0.3) is 22.2 Å². The lowest BCUT2D eigenvalue weighted by molar-refractivity contribution is -0.119. The fourth-order valence-corrected chi connectivity index (χ4v) is 3.67. The number of esters is 1. The Morgan fingerprint density at radius 3 is 2.55 bits per heavy atom. The van der Waals surface area contributed by atoms with Gasteiger partial charge in [0.05, 0.1) is 28.0 Å². The molecule has 0 radical (unpaired) electrons.